The Morgan fingerprint density at radius 3 is 2.80 bits per heavy atom. The Morgan fingerprint density at radius 2 is 2.20 bits per heavy atom. The summed E-state index contributed by atoms with van der Waals surface area (Å²) in [5.41, 5.74) is 0.756. The van der Waals surface area contributed by atoms with Crippen LogP contribution in [0.3, 0.4) is 0 Å². The molecule has 0 saturated heterocycles. The highest BCUT2D eigenvalue weighted by Crippen LogP contribution is 2.20. The molecular formula is C10H7FN2O2. The molecule has 2 heterocycles. The Hall–Kier alpha value is -2.17. The van der Waals surface area contributed by atoms with Crippen LogP contribution in [-0.2, 0) is 0 Å². The van der Waals surface area contributed by atoms with Crippen LogP contribution < -0.4 is 0 Å². The van der Waals surface area contributed by atoms with Crippen molar-refractivity contribution in [2.75, 3.05) is 0 Å². The van der Waals surface area contributed by atoms with E-state index in [1.165, 1.54) is 24.4 Å². The van der Waals surface area contributed by atoms with Crippen LogP contribution in [-0.4, -0.2) is 21.0 Å². The molecule has 0 aliphatic heterocycles. The average molecular weight is 206 g/mol. The Kier molecular flexibility index (Phi) is 2.21. The van der Waals surface area contributed by atoms with E-state index in [1.54, 1.807) is 0 Å². The molecule has 0 spiro atoms. The maximum atomic E-state index is 13.3. The van der Waals surface area contributed by atoms with Gasteiger partial charge < -0.3 is 10.1 Å². The molecule has 2 N–H and O–H groups in total. The number of aromatic carboxylic acids is 1. The van der Waals surface area contributed by atoms with E-state index in [9.17, 15) is 9.18 Å². The minimum absolute atomic E-state index is 0.0289. The highest BCUT2D eigenvalue weighted by atomic mass is 19.1. The molecule has 4 nitrogen and oxygen atoms in total. The van der Waals surface area contributed by atoms with Crippen molar-refractivity contribution in [1.29, 1.82) is 0 Å². The van der Waals surface area contributed by atoms with Gasteiger partial charge in [-0.3, -0.25) is 4.98 Å². The van der Waals surface area contributed by atoms with Gasteiger partial charge in [0.2, 0.25) is 0 Å². The summed E-state index contributed by atoms with van der Waals surface area (Å²) in [4.78, 5) is 16.8. The Labute approximate surface area is 84.4 Å². The van der Waals surface area contributed by atoms with Crippen molar-refractivity contribution in [2.45, 2.75) is 0 Å². The van der Waals surface area contributed by atoms with Gasteiger partial charge in [-0.2, -0.15) is 0 Å². The van der Waals surface area contributed by atoms with Crippen LogP contribution in [0.25, 0.3) is 11.3 Å². The lowest BCUT2D eigenvalue weighted by atomic mass is 10.2. The SMILES string of the molecule is O=C(O)c1ccc(-c2ccncc2F)[nH]1. The highest BCUT2D eigenvalue weighted by molar-refractivity contribution is 5.86. The molecule has 0 fully saturated rings. The van der Waals surface area contributed by atoms with E-state index < -0.39 is 11.8 Å². The number of H-pyrrole nitrogens is 1. The van der Waals surface area contributed by atoms with E-state index in [0.29, 0.717) is 11.3 Å². The number of nitrogens with zero attached hydrogens (tertiary/aromatic N) is 1. The zero-order valence-electron chi connectivity index (χ0n) is 7.57. The topological polar surface area (TPSA) is 66.0 Å². The van der Waals surface area contributed by atoms with E-state index in [-0.39, 0.29) is 5.69 Å². The van der Waals surface area contributed by atoms with Crippen molar-refractivity contribution < 1.29 is 14.3 Å². The first-order valence-electron chi connectivity index (χ1n) is 4.20. The molecule has 76 valence electrons. The predicted molar refractivity (Wildman–Crippen MR) is 50.9 cm³/mol. The number of aromatic amines is 1. The molecule has 0 bridgehead atoms. The smallest absolute Gasteiger partial charge is 0.352 e. The Morgan fingerprint density at radius 1 is 1.40 bits per heavy atom. The minimum Gasteiger partial charge on any atom is -0.477 e. The molecule has 0 atom stereocenters. The lowest BCUT2D eigenvalue weighted by Gasteiger charge is -1.98. The van der Waals surface area contributed by atoms with Gasteiger partial charge in [0.05, 0.1) is 6.20 Å². The first-order valence-corrected chi connectivity index (χ1v) is 4.20. The molecule has 0 aliphatic carbocycles. The van der Waals surface area contributed by atoms with Crippen LogP contribution in [0.2, 0.25) is 0 Å². The molecule has 2 aromatic rings. The standard InChI is InChI=1S/C10H7FN2O2/c11-7-5-12-4-3-6(7)8-1-2-9(13-8)10(14)15/h1-5,13H,(H,14,15). The summed E-state index contributed by atoms with van der Waals surface area (Å²) in [7, 11) is 0. The summed E-state index contributed by atoms with van der Waals surface area (Å²) in [5, 5.41) is 8.68. The fraction of sp³-hybridized carbons (Fsp3) is 0. The molecule has 2 aromatic heterocycles. The van der Waals surface area contributed by atoms with Crippen LogP contribution >= 0.6 is 0 Å². The second-order valence-electron chi connectivity index (χ2n) is 2.95. The van der Waals surface area contributed by atoms with Gasteiger partial charge in [-0.05, 0) is 18.2 Å². The van der Waals surface area contributed by atoms with Crippen LogP contribution in [0.5, 0.6) is 0 Å². The number of carboxylic acids is 1. The first-order chi connectivity index (χ1) is 7.18. The lowest BCUT2D eigenvalue weighted by molar-refractivity contribution is 0.0691. The van der Waals surface area contributed by atoms with Crippen LogP contribution in [0, 0.1) is 5.82 Å². The zero-order valence-corrected chi connectivity index (χ0v) is 7.57. The summed E-state index contributed by atoms with van der Waals surface area (Å²) in [5.74, 6) is -1.56. The molecule has 5 heteroatoms. The Bertz CT molecular complexity index is 508. The fourth-order valence-electron chi connectivity index (χ4n) is 1.27. The van der Waals surface area contributed by atoms with Crippen molar-refractivity contribution in [3.63, 3.8) is 0 Å². The average Bonchev–Trinajstić information content (AvgIpc) is 2.67. The van der Waals surface area contributed by atoms with Gasteiger partial charge in [0.1, 0.15) is 5.69 Å². The first kappa shape index (κ1) is 9.39. The Balaban J connectivity index is 2.46. The number of hydrogen-bond acceptors (Lipinski definition) is 2. The number of carbonyl (C=O) groups is 1. The molecule has 0 aliphatic rings. The van der Waals surface area contributed by atoms with Gasteiger partial charge in [0, 0.05) is 17.5 Å². The van der Waals surface area contributed by atoms with Crippen molar-refractivity contribution in [1.82, 2.24) is 9.97 Å². The monoisotopic (exact) mass is 206 g/mol. The van der Waals surface area contributed by atoms with Gasteiger partial charge in [-0.1, -0.05) is 0 Å². The van der Waals surface area contributed by atoms with Crippen molar-refractivity contribution in [2.24, 2.45) is 0 Å². The van der Waals surface area contributed by atoms with Gasteiger partial charge in [-0.25, -0.2) is 9.18 Å². The van der Waals surface area contributed by atoms with Gasteiger partial charge in [-0.15, -0.1) is 0 Å². The van der Waals surface area contributed by atoms with E-state index in [2.05, 4.69) is 9.97 Å². The number of halogens is 1. The molecule has 0 radical (unpaired) electrons. The number of rotatable bonds is 2. The molecule has 0 amide bonds. The molecule has 15 heavy (non-hydrogen) atoms. The van der Waals surface area contributed by atoms with Crippen LogP contribution in [0.1, 0.15) is 10.5 Å². The summed E-state index contributed by atoms with van der Waals surface area (Å²) in [6.45, 7) is 0. The second kappa shape index (κ2) is 3.53. The third kappa shape index (κ3) is 1.71. The maximum absolute atomic E-state index is 13.3. The highest BCUT2D eigenvalue weighted by Gasteiger charge is 2.09. The summed E-state index contributed by atoms with van der Waals surface area (Å²) >= 11 is 0. The lowest BCUT2D eigenvalue weighted by Crippen LogP contribution is -1.96. The van der Waals surface area contributed by atoms with E-state index in [1.807, 2.05) is 0 Å². The van der Waals surface area contributed by atoms with Crippen molar-refractivity contribution >= 4 is 5.97 Å². The molecular weight excluding hydrogens is 199 g/mol. The molecule has 2 rings (SSSR count). The minimum atomic E-state index is -1.07. The van der Waals surface area contributed by atoms with Gasteiger partial charge >= 0.3 is 5.97 Å². The van der Waals surface area contributed by atoms with Crippen LogP contribution in [0.15, 0.2) is 30.6 Å². The van der Waals surface area contributed by atoms with E-state index in [4.69, 9.17) is 5.11 Å². The van der Waals surface area contributed by atoms with E-state index in [0.717, 1.165) is 6.20 Å². The number of carboxylic acid groups (broad SMARTS) is 1. The third-order valence-corrected chi connectivity index (χ3v) is 1.98. The summed E-state index contributed by atoms with van der Waals surface area (Å²) in [6, 6.07) is 4.38. The predicted octanol–water partition coefficient (Wildman–Crippen LogP) is 1.91. The quantitative estimate of drug-likeness (QED) is 0.788. The normalized spacial score (nSPS) is 10.2. The second-order valence-corrected chi connectivity index (χ2v) is 2.95. The van der Waals surface area contributed by atoms with Crippen LogP contribution in [0.4, 0.5) is 4.39 Å². The maximum Gasteiger partial charge on any atom is 0.352 e. The summed E-state index contributed by atoms with van der Waals surface area (Å²) < 4.78 is 13.3. The fourth-order valence-corrected chi connectivity index (χ4v) is 1.27. The number of nitrogens with one attached hydrogen (secondary N) is 1. The number of pyridine rings is 1. The van der Waals surface area contributed by atoms with E-state index >= 15 is 0 Å². The number of aromatic nitrogens is 2. The zero-order chi connectivity index (χ0) is 10.8. The van der Waals surface area contributed by atoms with Crippen molar-refractivity contribution in [3.8, 4) is 11.3 Å². The van der Waals surface area contributed by atoms with Gasteiger partial charge in [0.15, 0.2) is 5.82 Å². The summed E-state index contributed by atoms with van der Waals surface area (Å²) in [6.07, 6.45) is 2.52. The number of hydrogen-bond donors (Lipinski definition) is 2. The third-order valence-electron chi connectivity index (χ3n) is 1.98. The molecule has 0 saturated carbocycles. The molecule has 0 unspecified atom stereocenters. The van der Waals surface area contributed by atoms with Crippen molar-refractivity contribution in [3.05, 3.63) is 42.1 Å². The largest absolute Gasteiger partial charge is 0.477 e. The van der Waals surface area contributed by atoms with Gasteiger partial charge in [0.25, 0.3) is 0 Å². The molecule has 0 aromatic carbocycles.